The normalized spacial score (nSPS) is 12.1. The van der Waals surface area contributed by atoms with Crippen molar-refractivity contribution in [3.05, 3.63) is 66.5 Å². The van der Waals surface area contributed by atoms with E-state index in [1.807, 2.05) is 30.9 Å². The van der Waals surface area contributed by atoms with Crippen LogP contribution in [0.3, 0.4) is 0 Å². The molecular formula is C20H23N3O2. The highest BCUT2D eigenvalue weighted by molar-refractivity contribution is 5.67. The van der Waals surface area contributed by atoms with Gasteiger partial charge in [-0.1, -0.05) is 19.1 Å². The first-order valence-corrected chi connectivity index (χ1v) is 8.39. The quantitative estimate of drug-likeness (QED) is 0.605. The zero-order valence-electron chi connectivity index (χ0n) is 14.8. The van der Waals surface area contributed by atoms with E-state index in [0.717, 1.165) is 34.6 Å². The fourth-order valence-electron chi connectivity index (χ4n) is 2.97. The molecule has 0 saturated heterocycles. The van der Waals surface area contributed by atoms with Crippen LogP contribution in [0.1, 0.15) is 30.6 Å². The van der Waals surface area contributed by atoms with Gasteiger partial charge in [0.2, 0.25) is 0 Å². The van der Waals surface area contributed by atoms with E-state index in [1.54, 1.807) is 13.3 Å². The summed E-state index contributed by atoms with van der Waals surface area (Å²) < 4.78 is 12.5. The highest BCUT2D eigenvalue weighted by Gasteiger charge is 2.13. The summed E-state index contributed by atoms with van der Waals surface area (Å²) in [4.78, 5) is 8.83. The lowest BCUT2D eigenvalue weighted by Crippen LogP contribution is -2.09. The SMILES string of the molecule is CCC(c1ccc(-c2ccc(OCOC)cc2C)cn1)n1ccnc1. The van der Waals surface area contributed by atoms with Crippen LogP contribution in [0.2, 0.25) is 0 Å². The van der Waals surface area contributed by atoms with E-state index in [2.05, 4.69) is 41.6 Å². The van der Waals surface area contributed by atoms with Gasteiger partial charge in [-0.15, -0.1) is 0 Å². The highest BCUT2D eigenvalue weighted by atomic mass is 16.7. The molecule has 3 rings (SSSR count). The van der Waals surface area contributed by atoms with Crippen LogP contribution in [0.5, 0.6) is 5.75 Å². The van der Waals surface area contributed by atoms with Crippen molar-refractivity contribution in [2.75, 3.05) is 13.9 Å². The fraction of sp³-hybridized carbons (Fsp3) is 0.300. The lowest BCUT2D eigenvalue weighted by Gasteiger charge is -2.16. The maximum absolute atomic E-state index is 5.49. The Morgan fingerprint density at radius 2 is 2.08 bits per heavy atom. The second-order valence-corrected chi connectivity index (χ2v) is 5.93. The maximum Gasteiger partial charge on any atom is 0.188 e. The number of hydrogen-bond donors (Lipinski definition) is 0. The number of benzene rings is 1. The predicted octanol–water partition coefficient (Wildman–Crippen LogP) is 4.24. The van der Waals surface area contributed by atoms with E-state index in [9.17, 15) is 0 Å². The molecule has 0 saturated carbocycles. The topological polar surface area (TPSA) is 49.2 Å². The molecule has 1 unspecified atom stereocenters. The number of pyridine rings is 1. The summed E-state index contributed by atoms with van der Waals surface area (Å²) in [5.41, 5.74) is 4.44. The van der Waals surface area contributed by atoms with Crippen molar-refractivity contribution in [3.8, 4) is 16.9 Å². The zero-order chi connectivity index (χ0) is 17.6. The number of aryl methyl sites for hydroxylation is 1. The molecule has 5 nitrogen and oxygen atoms in total. The number of ether oxygens (including phenoxy) is 2. The van der Waals surface area contributed by atoms with Crippen LogP contribution in [-0.2, 0) is 4.74 Å². The van der Waals surface area contributed by atoms with Crippen molar-refractivity contribution in [3.63, 3.8) is 0 Å². The Morgan fingerprint density at radius 1 is 1.20 bits per heavy atom. The summed E-state index contributed by atoms with van der Waals surface area (Å²) in [6, 6.07) is 10.5. The van der Waals surface area contributed by atoms with Crippen molar-refractivity contribution in [1.82, 2.24) is 14.5 Å². The molecule has 0 radical (unpaired) electrons. The molecule has 2 heterocycles. The third-order valence-corrected chi connectivity index (χ3v) is 4.25. The van der Waals surface area contributed by atoms with Gasteiger partial charge >= 0.3 is 0 Å². The van der Waals surface area contributed by atoms with Crippen LogP contribution in [0.15, 0.2) is 55.2 Å². The summed E-state index contributed by atoms with van der Waals surface area (Å²) in [6.45, 7) is 4.48. The lowest BCUT2D eigenvalue weighted by atomic mass is 10.0. The largest absolute Gasteiger partial charge is 0.468 e. The molecule has 25 heavy (non-hydrogen) atoms. The standard InChI is InChI=1S/C20H23N3O2/c1-4-20(23-10-9-21-13-23)19-8-5-16(12-22-19)18-7-6-17(11-15(18)2)25-14-24-3/h5-13,20H,4,14H2,1-3H3. The van der Waals surface area contributed by atoms with Crippen LogP contribution in [0, 0.1) is 6.92 Å². The summed E-state index contributed by atoms with van der Waals surface area (Å²) in [6.07, 6.45) is 8.52. The van der Waals surface area contributed by atoms with Gasteiger partial charge in [-0.25, -0.2) is 4.98 Å². The first kappa shape index (κ1) is 17.2. The van der Waals surface area contributed by atoms with E-state index in [4.69, 9.17) is 14.5 Å². The Bertz CT molecular complexity index is 798. The smallest absolute Gasteiger partial charge is 0.188 e. The Hall–Kier alpha value is -2.66. The van der Waals surface area contributed by atoms with Gasteiger partial charge in [0.25, 0.3) is 0 Å². The minimum atomic E-state index is 0.211. The summed E-state index contributed by atoms with van der Waals surface area (Å²) in [5.74, 6) is 0.804. The molecule has 0 amide bonds. The van der Waals surface area contributed by atoms with E-state index in [-0.39, 0.29) is 12.8 Å². The molecule has 0 aliphatic rings. The number of imidazole rings is 1. The number of hydrogen-bond acceptors (Lipinski definition) is 4. The number of aromatic nitrogens is 3. The predicted molar refractivity (Wildman–Crippen MR) is 97.6 cm³/mol. The van der Waals surface area contributed by atoms with Crippen LogP contribution in [-0.4, -0.2) is 28.4 Å². The van der Waals surface area contributed by atoms with Gasteiger partial charge in [0.15, 0.2) is 6.79 Å². The van der Waals surface area contributed by atoms with E-state index in [1.165, 1.54) is 0 Å². The van der Waals surface area contributed by atoms with Crippen molar-refractivity contribution in [2.24, 2.45) is 0 Å². The molecule has 1 aromatic carbocycles. The Labute approximate surface area is 148 Å². The Morgan fingerprint density at radius 3 is 2.68 bits per heavy atom. The highest BCUT2D eigenvalue weighted by Crippen LogP contribution is 2.28. The van der Waals surface area contributed by atoms with Crippen molar-refractivity contribution < 1.29 is 9.47 Å². The van der Waals surface area contributed by atoms with Gasteiger partial charge in [-0.2, -0.15) is 0 Å². The van der Waals surface area contributed by atoms with Gasteiger partial charge in [-0.05, 0) is 42.7 Å². The van der Waals surface area contributed by atoms with Crippen LogP contribution in [0.4, 0.5) is 0 Å². The average molecular weight is 337 g/mol. The molecule has 0 aliphatic carbocycles. The molecule has 3 aromatic rings. The Balaban J connectivity index is 1.82. The maximum atomic E-state index is 5.49. The summed E-state index contributed by atoms with van der Waals surface area (Å²) in [7, 11) is 1.61. The van der Waals surface area contributed by atoms with Crippen LogP contribution in [0.25, 0.3) is 11.1 Å². The summed E-state index contributed by atoms with van der Waals surface area (Å²) in [5, 5.41) is 0. The Kier molecular flexibility index (Phi) is 5.46. The molecule has 0 N–H and O–H groups in total. The molecule has 0 fully saturated rings. The fourth-order valence-corrected chi connectivity index (χ4v) is 2.97. The molecule has 0 bridgehead atoms. The molecule has 2 aromatic heterocycles. The van der Waals surface area contributed by atoms with Gasteiger partial charge in [0.1, 0.15) is 5.75 Å². The van der Waals surface area contributed by atoms with E-state index in [0.29, 0.717) is 0 Å². The van der Waals surface area contributed by atoms with E-state index >= 15 is 0 Å². The minimum Gasteiger partial charge on any atom is -0.468 e. The van der Waals surface area contributed by atoms with Gasteiger partial charge in [-0.3, -0.25) is 4.98 Å². The third-order valence-electron chi connectivity index (χ3n) is 4.25. The molecular weight excluding hydrogens is 314 g/mol. The monoisotopic (exact) mass is 337 g/mol. The van der Waals surface area contributed by atoms with Crippen LogP contribution < -0.4 is 4.74 Å². The molecule has 130 valence electrons. The van der Waals surface area contributed by atoms with Gasteiger partial charge in [0, 0.05) is 31.3 Å². The second-order valence-electron chi connectivity index (χ2n) is 5.93. The van der Waals surface area contributed by atoms with Crippen molar-refractivity contribution >= 4 is 0 Å². The number of nitrogens with zero attached hydrogens (tertiary/aromatic N) is 3. The molecule has 5 heteroatoms. The summed E-state index contributed by atoms with van der Waals surface area (Å²) >= 11 is 0. The van der Waals surface area contributed by atoms with Gasteiger partial charge in [0.05, 0.1) is 18.1 Å². The first-order chi connectivity index (χ1) is 12.2. The lowest BCUT2D eigenvalue weighted by molar-refractivity contribution is 0.0511. The minimum absolute atomic E-state index is 0.211. The number of rotatable bonds is 7. The van der Waals surface area contributed by atoms with E-state index < -0.39 is 0 Å². The zero-order valence-corrected chi connectivity index (χ0v) is 14.8. The second kappa shape index (κ2) is 7.94. The molecule has 1 atom stereocenters. The van der Waals surface area contributed by atoms with Crippen molar-refractivity contribution in [1.29, 1.82) is 0 Å². The number of methoxy groups -OCH3 is 1. The van der Waals surface area contributed by atoms with Crippen molar-refractivity contribution in [2.45, 2.75) is 26.3 Å². The molecule has 0 aliphatic heterocycles. The molecule has 0 spiro atoms. The third kappa shape index (κ3) is 3.88. The average Bonchev–Trinajstić information content (AvgIpc) is 3.16. The first-order valence-electron chi connectivity index (χ1n) is 8.39. The van der Waals surface area contributed by atoms with Crippen LogP contribution >= 0.6 is 0 Å². The van der Waals surface area contributed by atoms with Gasteiger partial charge < -0.3 is 14.0 Å².